The molecular weight excluding hydrogens is 374 g/mol. The fourth-order valence-electron chi connectivity index (χ4n) is 2.58. The molecule has 3 heterocycles. The van der Waals surface area contributed by atoms with E-state index < -0.39 is 0 Å². The summed E-state index contributed by atoms with van der Waals surface area (Å²) in [6.07, 6.45) is 6.77. The Labute approximate surface area is 156 Å². The van der Waals surface area contributed by atoms with Crippen molar-refractivity contribution in [2.75, 3.05) is 7.11 Å². The van der Waals surface area contributed by atoms with Crippen LogP contribution in [0.4, 0.5) is 0 Å². The van der Waals surface area contributed by atoms with Gasteiger partial charge in [0.25, 0.3) is 5.56 Å². The van der Waals surface area contributed by atoms with Crippen molar-refractivity contribution in [3.63, 3.8) is 0 Å². The zero-order valence-electron chi connectivity index (χ0n) is 13.5. The van der Waals surface area contributed by atoms with Crippen LogP contribution in [-0.2, 0) is 0 Å². The number of benzene rings is 1. The van der Waals surface area contributed by atoms with E-state index in [0.717, 1.165) is 11.3 Å². The number of phenolic OH excluding ortho intramolecular Hbond substituents is 1. The molecule has 0 bridgehead atoms. The van der Waals surface area contributed by atoms with Crippen molar-refractivity contribution in [3.8, 4) is 22.8 Å². The first kappa shape index (κ1) is 16.6. The van der Waals surface area contributed by atoms with Gasteiger partial charge in [-0.15, -0.1) is 0 Å². The summed E-state index contributed by atoms with van der Waals surface area (Å²) in [6.45, 7) is 0. The van der Waals surface area contributed by atoms with Gasteiger partial charge in [0.05, 0.1) is 22.4 Å². The number of rotatable bonds is 3. The van der Waals surface area contributed by atoms with Crippen LogP contribution in [0, 0.1) is 0 Å². The summed E-state index contributed by atoms with van der Waals surface area (Å²) < 4.78 is 7.12. The highest BCUT2D eigenvalue weighted by Crippen LogP contribution is 2.35. The molecule has 8 heteroatoms. The maximum Gasteiger partial charge on any atom is 0.274 e. The average molecular weight is 386 g/mol. The second kappa shape index (κ2) is 6.44. The van der Waals surface area contributed by atoms with Gasteiger partial charge in [-0.25, -0.2) is 4.98 Å². The summed E-state index contributed by atoms with van der Waals surface area (Å²) in [5.74, 6) is 0.120. The van der Waals surface area contributed by atoms with Crippen molar-refractivity contribution in [3.05, 3.63) is 68.3 Å². The van der Waals surface area contributed by atoms with Crippen LogP contribution >= 0.6 is 22.9 Å². The molecular formula is C18H12ClN3O3S. The number of nitrogens with zero attached hydrogens (tertiary/aromatic N) is 3. The highest BCUT2D eigenvalue weighted by Gasteiger charge is 2.11. The molecule has 0 aliphatic heterocycles. The standard InChI is InChI=1S/C18H12ClN3O3S/c1-25-14-7-10(6-12(19)16(14)23)8-15-17(24)22-9-13(21-18(22)26-15)11-2-4-20-5-3-11/h2-9,23H,1H3. The number of aromatic nitrogens is 3. The van der Waals surface area contributed by atoms with E-state index in [1.807, 2.05) is 12.1 Å². The molecule has 0 saturated heterocycles. The maximum atomic E-state index is 12.7. The lowest BCUT2D eigenvalue weighted by molar-refractivity contribution is 0.373. The lowest BCUT2D eigenvalue weighted by Gasteiger charge is -2.05. The summed E-state index contributed by atoms with van der Waals surface area (Å²) in [7, 11) is 1.44. The number of fused-ring (bicyclic) bond motifs is 1. The van der Waals surface area contributed by atoms with E-state index in [0.29, 0.717) is 15.1 Å². The predicted molar refractivity (Wildman–Crippen MR) is 101 cm³/mol. The van der Waals surface area contributed by atoms with E-state index in [9.17, 15) is 9.90 Å². The summed E-state index contributed by atoms with van der Waals surface area (Å²) in [6, 6.07) is 6.87. The number of ether oxygens (including phenoxy) is 1. The third-order valence-electron chi connectivity index (χ3n) is 3.85. The van der Waals surface area contributed by atoms with E-state index in [-0.39, 0.29) is 22.1 Å². The molecule has 1 aromatic carbocycles. The molecule has 3 aromatic heterocycles. The largest absolute Gasteiger partial charge is 0.503 e. The smallest absolute Gasteiger partial charge is 0.274 e. The van der Waals surface area contributed by atoms with E-state index in [1.54, 1.807) is 36.8 Å². The van der Waals surface area contributed by atoms with E-state index in [4.69, 9.17) is 16.3 Å². The minimum atomic E-state index is -0.166. The summed E-state index contributed by atoms with van der Waals surface area (Å²) in [5.41, 5.74) is 2.11. The van der Waals surface area contributed by atoms with Crippen LogP contribution in [0.5, 0.6) is 11.5 Å². The molecule has 4 rings (SSSR count). The second-order valence-corrected chi connectivity index (χ2v) is 6.90. The highest BCUT2D eigenvalue weighted by molar-refractivity contribution is 7.15. The quantitative estimate of drug-likeness (QED) is 0.586. The molecule has 0 unspecified atom stereocenters. The lowest BCUT2D eigenvalue weighted by Crippen LogP contribution is -2.22. The van der Waals surface area contributed by atoms with Gasteiger partial charge in [0.15, 0.2) is 16.5 Å². The van der Waals surface area contributed by atoms with E-state index in [2.05, 4.69) is 9.97 Å². The lowest BCUT2D eigenvalue weighted by atomic mass is 10.2. The maximum absolute atomic E-state index is 12.7. The minimum absolute atomic E-state index is 0.128. The van der Waals surface area contributed by atoms with Crippen molar-refractivity contribution in [1.29, 1.82) is 0 Å². The molecule has 0 saturated carbocycles. The van der Waals surface area contributed by atoms with Gasteiger partial charge < -0.3 is 9.84 Å². The Morgan fingerprint density at radius 3 is 2.77 bits per heavy atom. The Morgan fingerprint density at radius 1 is 1.31 bits per heavy atom. The second-order valence-electron chi connectivity index (χ2n) is 5.48. The van der Waals surface area contributed by atoms with Crippen LogP contribution in [0.2, 0.25) is 5.02 Å². The highest BCUT2D eigenvalue weighted by atomic mass is 35.5. The van der Waals surface area contributed by atoms with Crippen molar-refractivity contribution in [2.45, 2.75) is 0 Å². The van der Waals surface area contributed by atoms with Gasteiger partial charge in [0.2, 0.25) is 0 Å². The van der Waals surface area contributed by atoms with Gasteiger partial charge in [0.1, 0.15) is 0 Å². The topological polar surface area (TPSA) is 76.7 Å². The van der Waals surface area contributed by atoms with Gasteiger partial charge in [0, 0.05) is 24.2 Å². The van der Waals surface area contributed by atoms with Crippen LogP contribution in [0.25, 0.3) is 22.3 Å². The molecule has 0 amide bonds. The predicted octanol–water partition coefficient (Wildman–Crippen LogP) is 2.73. The zero-order valence-corrected chi connectivity index (χ0v) is 15.1. The fourth-order valence-corrected chi connectivity index (χ4v) is 3.75. The molecule has 0 aliphatic rings. The normalized spacial score (nSPS) is 12.0. The third-order valence-corrected chi connectivity index (χ3v) is 5.12. The number of halogens is 1. The van der Waals surface area contributed by atoms with Gasteiger partial charge in [-0.2, -0.15) is 0 Å². The first-order valence-electron chi connectivity index (χ1n) is 7.57. The molecule has 0 radical (unpaired) electrons. The molecule has 0 spiro atoms. The monoisotopic (exact) mass is 385 g/mol. The number of aromatic hydroxyl groups is 1. The van der Waals surface area contributed by atoms with Crippen LogP contribution in [0.15, 0.2) is 47.7 Å². The average Bonchev–Trinajstić information content (AvgIpc) is 3.19. The van der Waals surface area contributed by atoms with Gasteiger partial charge >= 0.3 is 0 Å². The van der Waals surface area contributed by atoms with Crippen molar-refractivity contribution < 1.29 is 9.84 Å². The molecule has 0 aliphatic carbocycles. The Hall–Kier alpha value is -2.90. The molecule has 6 nitrogen and oxygen atoms in total. The number of hydrogen-bond acceptors (Lipinski definition) is 6. The van der Waals surface area contributed by atoms with Crippen LogP contribution in [0.1, 0.15) is 5.56 Å². The van der Waals surface area contributed by atoms with Gasteiger partial charge in [-0.3, -0.25) is 14.2 Å². The Kier molecular flexibility index (Phi) is 4.10. The molecule has 0 fully saturated rings. The molecule has 4 aromatic rings. The van der Waals surface area contributed by atoms with Gasteiger partial charge in [-0.05, 0) is 35.9 Å². The first-order chi connectivity index (χ1) is 12.6. The molecule has 0 atom stereocenters. The molecule has 1 N–H and O–H groups in total. The third kappa shape index (κ3) is 2.81. The fraction of sp³-hybridized carbons (Fsp3) is 0.0556. The summed E-state index contributed by atoms with van der Waals surface area (Å²) in [4.78, 5) is 21.8. The number of thiazole rings is 1. The number of hydrogen-bond donors (Lipinski definition) is 1. The molecule has 26 heavy (non-hydrogen) atoms. The Balaban J connectivity index is 1.82. The van der Waals surface area contributed by atoms with Crippen molar-refractivity contribution >= 4 is 34.0 Å². The van der Waals surface area contributed by atoms with Crippen LogP contribution in [-0.4, -0.2) is 26.6 Å². The van der Waals surface area contributed by atoms with Crippen molar-refractivity contribution in [2.24, 2.45) is 0 Å². The Bertz CT molecular complexity index is 1220. The zero-order chi connectivity index (χ0) is 18.3. The number of phenols is 1. The molecule has 130 valence electrons. The number of pyridine rings is 1. The van der Waals surface area contributed by atoms with Gasteiger partial charge in [-0.1, -0.05) is 22.9 Å². The van der Waals surface area contributed by atoms with Crippen LogP contribution < -0.4 is 14.8 Å². The number of imidazole rings is 1. The first-order valence-corrected chi connectivity index (χ1v) is 8.77. The van der Waals surface area contributed by atoms with E-state index >= 15 is 0 Å². The van der Waals surface area contributed by atoms with E-state index in [1.165, 1.54) is 22.8 Å². The van der Waals surface area contributed by atoms with Crippen molar-refractivity contribution in [1.82, 2.24) is 14.4 Å². The summed E-state index contributed by atoms with van der Waals surface area (Å²) in [5, 5.41) is 9.97. The van der Waals surface area contributed by atoms with Crippen LogP contribution in [0.3, 0.4) is 0 Å². The Morgan fingerprint density at radius 2 is 2.08 bits per heavy atom. The number of methoxy groups -OCH3 is 1. The minimum Gasteiger partial charge on any atom is -0.503 e. The SMILES string of the molecule is COc1cc(C=c2sc3nc(-c4ccncc4)cn3c2=O)cc(Cl)c1O. The summed E-state index contributed by atoms with van der Waals surface area (Å²) >= 11 is 7.28.